The van der Waals surface area contributed by atoms with Crippen LogP contribution in [0.1, 0.15) is 24.3 Å². The molecule has 2 nitrogen and oxygen atoms in total. The Balaban J connectivity index is 1.57. The molecule has 2 N–H and O–H groups in total. The third-order valence-corrected chi connectivity index (χ3v) is 4.26. The Labute approximate surface area is 137 Å². The van der Waals surface area contributed by atoms with Gasteiger partial charge >= 0.3 is 0 Å². The normalized spacial score (nSPS) is 12.2. The molecule has 3 aromatic carbocycles. The van der Waals surface area contributed by atoms with Gasteiger partial charge in [0.05, 0.1) is 6.61 Å². The summed E-state index contributed by atoms with van der Waals surface area (Å²) in [4.78, 5) is 0. The lowest BCUT2D eigenvalue weighted by Crippen LogP contribution is -2.13. The SMILES string of the molecule is NCC(CCCOc1cccc2ccccc12)c1ccccc1. The zero-order chi connectivity index (χ0) is 15.9. The van der Waals surface area contributed by atoms with Gasteiger partial charge < -0.3 is 10.5 Å². The van der Waals surface area contributed by atoms with E-state index in [2.05, 4.69) is 54.6 Å². The summed E-state index contributed by atoms with van der Waals surface area (Å²) < 4.78 is 6.01. The number of fused-ring (bicyclic) bond motifs is 1. The molecule has 0 heterocycles. The van der Waals surface area contributed by atoms with Crippen molar-refractivity contribution in [3.8, 4) is 5.75 Å². The lowest BCUT2D eigenvalue weighted by molar-refractivity contribution is 0.305. The van der Waals surface area contributed by atoms with Gasteiger partial charge in [0.2, 0.25) is 0 Å². The number of ether oxygens (including phenoxy) is 1. The van der Waals surface area contributed by atoms with Crippen LogP contribution in [0.2, 0.25) is 0 Å². The third-order valence-electron chi connectivity index (χ3n) is 4.26. The van der Waals surface area contributed by atoms with E-state index < -0.39 is 0 Å². The summed E-state index contributed by atoms with van der Waals surface area (Å²) in [6, 6.07) is 25.0. The number of benzene rings is 3. The van der Waals surface area contributed by atoms with Crippen LogP contribution in [0.25, 0.3) is 10.8 Å². The third kappa shape index (κ3) is 3.91. The lowest BCUT2D eigenvalue weighted by Gasteiger charge is -2.15. The monoisotopic (exact) mass is 305 g/mol. The van der Waals surface area contributed by atoms with E-state index in [1.807, 2.05) is 18.2 Å². The Hall–Kier alpha value is -2.32. The summed E-state index contributed by atoms with van der Waals surface area (Å²) in [6.07, 6.45) is 2.05. The van der Waals surface area contributed by atoms with Crippen molar-refractivity contribution in [1.82, 2.24) is 0 Å². The van der Waals surface area contributed by atoms with Crippen molar-refractivity contribution in [3.63, 3.8) is 0 Å². The van der Waals surface area contributed by atoms with Crippen LogP contribution in [0.4, 0.5) is 0 Å². The molecule has 1 unspecified atom stereocenters. The van der Waals surface area contributed by atoms with Crippen molar-refractivity contribution >= 4 is 10.8 Å². The van der Waals surface area contributed by atoms with Crippen LogP contribution in [0, 0.1) is 0 Å². The van der Waals surface area contributed by atoms with Crippen LogP contribution < -0.4 is 10.5 Å². The Morgan fingerprint density at radius 3 is 2.39 bits per heavy atom. The molecule has 0 radical (unpaired) electrons. The predicted molar refractivity (Wildman–Crippen MR) is 96.9 cm³/mol. The standard InChI is InChI=1S/C21H23NO/c22-16-19(17-8-2-1-3-9-17)12-7-15-23-21-14-6-11-18-10-4-5-13-20(18)21/h1-6,8-11,13-14,19H,7,12,15-16,22H2. The van der Waals surface area contributed by atoms with E-state index in [1.165, 1.54) is 16.3 Å². The maximum absolute atomic E-state index is 6.01. The summed E-state index contributed by atoms with van der Waals surface area (Å²) >= 11 is 0. The van der Waals surface area contributed by atoms with Gasteiger partial charge in [0, 0.05) is 5.39 Å². The Morgan fingerprint density at radius 2 is 1.57 bits per heavy atom. The molecule has 1 atom stereocenters. The molecule has 0 spiro atoms. The van der Waals surface area contributed by atoms with E-state index in [0.717, 1.165) is 25.2 Å². The fourth-order valence-electron chi connectivity index (χ4n) is 2.98. The smallest absolute Gasteiger partial charge is 0.127 e. The highest BCUT2D eigenvalue weighted by molar-refractivity contribution is 5.88. The van der Waals surface area contributed by atoms with Gasteiger partial charge in [-0.05, 0) is 42.3 Å². The largest absolute Gasteiger partial charge is 0.493 e. The van der Waals surface area contributed by atoms with Crippen molar-refractivity contribution < 1.29 is 4.74 Å². The van der Waals surface area contributed by atoms with E-state index in [9.17, 15) is 0 Å². The molecule has 2 heteroatoms. The van der Waals surface area contributed by atoms with Crippen LogP contribution in [0.5, 0.6) is 5.75 Å². The molecular formula is C21H23NO. The number of hydrogen-bond acceptors (Lipinski definition) is 2. The van der Waals surface area contributed by atoms with Gasteiger partial charge in [-0.3, -0.25) is 0 Å². The van der Waals surface area contributed by atoms with Crippen LogP contribution in [-0.4, -0.2) is 13.2 Å². The second-order valence-electron chi connectivity index (χ2n) is 5.81. The molecule has 0 aliphatic carbocycles. The fourth-order valence-corrected chi connectivity index (χ4v) is 2.98. The molecule has 0 bridgehead atoms. The second-order valence-corrected chi connectivity index (χ2v) is 5.81. The van der Waals surface area contributed by atoms with Crippen LogP contribution in [0.3, 0.4) is 0 Å². The van der Waals surface area contributed by atoms with Crippen molar-refractivity contribution in [1.29, 1.82) is 0 Å². The molecule has 23 heavy (non-hydrogen) atoms. The van der Waals surface area contributed by atoms with Crippen LogP contribution in [-0.2, 0) is 0 Å². The summed E-state index contributed by atoms with van der Waals surface area (Å²) in [7, 11) is 0. The summed E-state index contributed by atoms with van der Waals surface area (Å²) in [5.74, 6) is 1.37. The topological polar surface area (TPSA) is 35.2 Å². The second kappa shape index (κ2) is 7.80. The summed E-state index contributed by atoms with van der Waals surface area (Å²) in [5.41, 5.74) is 7.25. The van der Waals surface area contributed by atoms with Crippen molar-refractivity contribution in [2.45, 2.75) is 18.8 Å². The first-order valence-electron chi connectivity index (χ1n) is 8.24. The first-order valence-corrected chi connectivity index (χ1v) is 8.24. The van der Waals surface area contributed by atoms with E-state index in [0.29, 0.717) is 12.5 Å². The number of rotatable bonds is 7. The maximum atomic E-state index is 6.01. The van der Waals surface area contributed by atoms with Gasteiger partial charge in [-0.1, -0.05) is 66.7 Å². The molecule has 3 rings (SSSR count). The first-order chi connectivity index (χ1) is 11.4. The minimum absolute atomic E-state index is 0.410. The Kier molecular flexibility index (Phi) is 5.28. The Bertz CT molecular complexity index is 734. The number of hydrogen-bond donors (Lipinski definition) is 1. The molecule has 118 valence electrons. The number of nitrogens with two attached hydrogens (primary N) is 1. The molecule has 0 aliphatic heterocycles. The predicted octanol–water partition coefficient (Wildman–Crippen LogP) is 4.74. The summed E-state index contributed by atoms with van der Waals surface area (Å²) in [5, 5.41) is 2.39. The summed E-state index contributed by atoms with van der Waals surface area (Å²) in [6.45, 7) is 1.40. The van der Waals surface area contributed by atoms with E-state index in [-0.39, 0.29) is 0 Å². The van der Waals surface area contributed by atoms with Gasteiger partial charge in [-0.2, -0.15) is 0 Å². The lowest BCUT2D eigenvalue weighted by atomic mass is 9.95. The minimum atomic E-state index is 0.410. The van der Waals surface area contributed by atoms with Crippen LogP contribution in [0.15, 0.2) is 72.8 Å². The maximum Gasteiger partial charge on any atom is 0.127 e. The molecular weight excluding hydrogens is 282 g/mol. The zero-order valence-corrected chi connectivity index (χ0v) is 13.3. The average Bonchev–Trinajstić information content (AvgIpc) is 2.62. The Morgan fingerprint density at radius 1 is 0.826 bits per heavy atom. The van der Waals surface area contributed by atoms with Gasteiger partial charge in [0.15, 0.2) is 0 Å². The van der Waals surface area contributed by atoms with E-state index in [4.69, 9.17) is 10.5 Å². The van der Waals surface area contributed by atoms with E-state index >= 15 is 0 Å². The molecule has 0 saturated carbocycles. The van der Waals surface area contributed by atoms with Gasteiger partial charge in [-0.25, -0.2) is 0 Å². The molecule has 3 aromatic rings. The molecule has 0 aromatic heterocycles. The quantitative estimate of drug-likeness (QED) is 0.640. The average molecular weight is 305 g/mol. The van der Waals surface area contributed by atoms with E-state index in [1.54, 1.807) is 0 Å². The first kappa shape index (κ1) is 15.6. The highest BCUT2D eigenvalue weighted by Crippen LogP contribution is 2.26. The molecule has 0 amide bonds. The van der Waals surface area contributed by atoms with Crippen LogP contribution >= 0.6 is 0 Å². The molecule has 0 aliphatic rings. The van der Waals surface area contributed by atoms with Gasteiger partial charge in [0.25, 0.3) is 0 Å². The van der Waals surface area contributed by atoms with Crippen molar-refractivity contribution in [2.75, 3.05) is 13.2 Å². The van der Waals surface area contributed by atoms with Gasteiger partial charge in [0.1, 0.15) is 5.75 Å². The van der Waals surface area contributed by atoms with Crippen molar-refractivity contribution in [3.05, 3.63) is 78.4 Å². The highest BCUT2D eigenvalue weighted by atomic mass is 16.5. The van der Waals surface area contributed by atoms with Gasteiger partial charge in [-0.15, -0.1) is 0 Å². The molecule has 0 fully saturated rings. The fraction of sp³-hybridized carbons (Fsp3) is 0.238. The van der Waals surface area contributed by atoms with Crippen molar-refractivity contribution in [2.24, 2.45) is 5.73 Å². The zero-order valence-electron chi connectivity index (χ0n) is 13.3. The minimum Gasteiger partial charge on any atom is -0.493 e. The highest BCUT2D eigenvalue weighted by Gasteiger charge is 2.09. The molecule has 0 saturated heterocycles.